The molecule has 0 aliphatic rings. The fourth-order valence-corrected chi connectivity index (χ4v) is 1.59. The van der Waals surface area contributed by atoms with E-state index >= 15 is 0 Å². The van der Waals surface area contributed by atoms with Crippen LogP contribution in [0.5, 0.6) is 5.75 Å². The van der Waals surface area contributed by atoms with Crippen molar-refractivity contribution in [3.63, 3.8) is 0 Å². The Bertz CT molecular complexity index is 640. The molecule has 0 unspecified atom stereocenters. The number of esters is 1. The third-order valence-corrected chi connectivity index (χ3v) is 2.44. The average Bonchev–Trinajstić information content (AvgIpc) is 2.38. The molecule has 0 amide bonds. The smallest absolute Gasteiger partial charge is 0.339 e. The number of carbonyl (C=O) groups is 1. The van der Waals surface area contributed by atoms with E-state index in [0.717, 1.165) is 6.07 Å². The topological polar surface area (TPSA) is 76.7 Å². The molecule has 98 valence electrons. The van der Waals surface area contributed by atoms with Crippen LogP contribution < -0.4 is 5.63 Å². The Morgan fingerprint density at radius 1 is 1.26 bits per heavy atom. The molecule has 2 rings (SSSR count). The van der Waals surface area contributed by atoms with E-state index in [1.807, 2.05) is 0 Å². The van der Waals surface area contributed by atoms with E-state index in [0.29, 0.717) is 17.7 Å². The third-order valence-electron chi connectivity index (χ3n) is 2.44. The van der Waals surface area contributed by atoms with E-state index in [-0.39, 0.29) is 11.5 Å². The minimum atomic E-state index is -0.635. The van der Waals surface area contributed by atoms with Gasteiger partial charge in [-0.15, -0.1) is 0 Å². The highest BCUT2D eigenvalue weighted by Gasteiger charge is 2.08. The second-order valence-corrected chi connectivity index (χ2v) is 3.80. The minimum Gasteiger partial charge on any atom is -0.508 e. The third kappa shape index (κ3) is 3.01. The number of rotatable bonds is 3. The van der Waals surface area contributed by atoms with Crippen molar-refractivity contribution in [2.75, 3.05) is 6.61 Å². The molecule has 0 aliphatic carbocycles. The summed E-state index contributed by atoms with van der Waals surface area (Å²) in [5.41, 5.74) is 0.360. The van der Waals surface area contributed by atoms with Crippen LogP contribution in [0.1, 0.15) is 17.3 Å². The summed E-state index contributed by atoms with van der Waals surface area (Å²) in [6.45, 7) is 2.04. The first-order chi connectivity index (χ1) is 9.10. The predicted octanol–water partition coefficient (Wildman–Crippen LogP) is 2.19. The van der Waals surface area contributed by atoms with Gasteiger partial charge in [0.2, 0.25) is 0 Å². The molecule has 1 N–H and O–H groups in total. The number of benzene rings is 1. The number of ether oxygens (including phenoxy) is 1. The van der Waals surface area contributed by atoms with E-state index in [2.05, 4.69) is 0 Å². The quantitative estimate of drug-likeness (QED) is 0.856. The van der Waals surface area contributed by atoms with E-state index in [9.17, 15) is 14.7 Å². The fraction of sp³-hybridized carbons (Fsp3) is 0.143. The Hall–Kier alpha value is -2.56. The summed E-state index contributed by atoms with van der Waals surface area (Å²) >= 11 is 0. The summed E-state index contributed by atoms with van der Waals surface area (Å²) in [5, 5.41) is 9.33. The van der Waals surface area contributed by atoms with Crippen LogP contribution in [0.2, 0.25) is 0 Å². The highest BCUT2D eigenvalue weighted by atomic mass is 16.5. The summed E-state index contributed by atoms with van der Waals surface area (Å²) < 4.78 is 9.82. The first-order valence-electron chi connectivity index (χ1n) is 5.72. The van der Waals surface area contributed by atoms with Crippen LogP contribution in [0.3, 0.4) is 0 Å². The lowest BCUT2D eigenvalue weighted by atomic mass is 10.1. The van der Waals surface area contributed by atoms with Gasteiger partial charge in [-0.05, 0) is 19.1 Å². The van der Waals surface area contributed by atoms with Crippen molar-refractivity contribution in [2.24, 2.45) is 0 Å². The molecular formula is C14H12O5. The Morgan fingerprint density at radius 2 is 1.95 bits per heavy atom. The van der Waals surface area contributed by atoms with Crippen LogP contribution in [0.15, 0.2) is 45.6 Å². The molecule has 0 fully saturated rings. The Labute approximate surface area is 109 Å². The van der Waals surface area contributed by atoms with Gasteiger partial charge in [-0.3, -0.25) is 0 Å². The summed E-state index contributed by atoms with van der Waals surface area (Å²) in [6, 6.07) is 8.68. The summed E-state index contributed by atoms with van der Waals surface area (Å²) in [7, 11) is 0. The molecule has 1 aromatic heterocycles. The zero-order valence-electron chi connectivity index (χ0n) is 10.3. The SMILES string of the molecule is CCOC(=O)c1ccc(-c2cc(O)cc(=O)o2)cc1. The van der Waals surface area contributed by atoms with Gasteiger partial charge >= 0.3 is 11.6 Å². The molecule has 1 aromatic carbocycles. The van der Waals surface area contributed by atoms with Crippen molar-refractivity contribution in [3.8, 4) is 17.1 Å². The standard InChI is InChI=1S/C14H12O5/c1-2-18-14(17)10-5-3-9(4-6-10)12-7-11(15)8-13(16)19-12/h3-8,15H,2H2,1H3. The van der Waals surface area contributed by atoms with Crippen LogP contribution in [0.25, 0.3) is 11.3 Å². The molecule has 0 radical (unpaired) electrons. The monoisotopic (exact) mass is 260 g/mol. The van der Waals surface area contributed by atoms with Crippen molar-refractivity contribution < 1.29 is 19.1 Å². The number of hydrogen-bond acceptors (Lipinski definition) is 5. The van der Waals surface area contributed by atoms with Gasteiger partial charge in [0.1, 0.15) is 11.5 Å². The molecule has 0 saturated carbocycles. The molecule has 2 aromatic rings. The van der Waals surface area contributed by atoms with Gasteiger partial charge in [-0.1, -0.05) is 12.1 Å². The largest absolute Gasteiger partial charge is 0.508 e. The van der Waals surface area contributed by atoms with Crippen LogP contribution in [-0.2, 0) is 4.74 Å². The van der Waals surface area contributed by atoms with Crippen LogP contribution in [-0.4, -0.2) is 17.7 Å². The van der Waals surface area contributed by atoms with Gasteiger partial charge in [0.25, 0.3) is 0 Å². The van der Waals surface area contributed by atoms with Crippen molar-refractivity contribution in [2.45, 2.75) is 6.92 Å². The Kier molecular flexibility index (Phi) is 3.66. The van der Waals surface area contributed by atoms with Gasteiger partial charge < -0.3 is 14.3 Å². The highest BCUT2D eigenvalue weighted by Crippen LogP contribution is 2.21. The lowest BCUT2D eigenvalue weighted by Gasteiger charge is -2.03. The van der Waals surface area contributed by atoms with Crippen LogP contribution >= 0.6 is 0 Å². The maximum absolute atomic E-state index is 11.5. The normalized spacial score (nSPS) is 10.2. The summed E-state index contributed by atoms with van der Waals surface area (Å²) in [4.78, 5) is 22.6. The van der Waals surface area contributed by atoms with E-state index in [1.54, 1.807) is 31.2 Å². The van der Waals surface area contributed by atoms with Gasteiger partial charge in [0.05, 0.1) is 18.2 Å². The van der Waals surface area contributed by atoms with E-state index < -0.39 is 11.6 Å². The van der Waals surface area contributed by atoms with Crippen molar-refractivity contribution in [1.82, 2.24) is 0 Å². The zero-order valence-corrected chi connectivity index (χ0v) is 10.3. The lowest BCUT2D eigenvalue weighted by Crippen LogP contribution is -2.04. The molecular weight excluding hydrogens is 248 g/mol. The number of aromatic hydroxyl groups is 1. The zero-order chi connectivity index (χ0) is 13.8. The number of hydrogen-bond donors (Lipinski definition) is 1. The van der Waals surface area contributed by atoms with Crippen LogP contribution in [0, 0.1) is 0 Å². The van der Waals surface area contributed by atoms with E-state index in [4.69, 9.17) is 9.15 Å². The van der Waals surface area contributed by atoms with Crippen molar-refractivity contribution in [3.05, 3.63) is 52.4 Å². The molecule has 1 heterocycles. The molecule has 0 spiro atoms. The molecule has 5 heteroatoms. The van der Waals surface area contributed by atoms with Crippen molar-refractivity contribution >= 4 is 5.97 Å². The molecule has 0 saturated heterocycles. The molecule has 0 atom stereocenters. The van der Waals surface area contributed by atoms with Crippen LogP contribution in [0.4, 0.5) is 0 Å². The Balaban J connectivity index is 2.32. The molecule has 0 bridgehead atoms. The second-order valence-electron chi connectivity index (χ2n) is 3.80. The maximum atomic E-state index is 11.5. The minimum absolute atomic E-state index is 0.166. The Morgan fingerprint density at radius 3 is 2.53 bits per heavy atom. The predicted molar refractivity (Wildman–Crippen MR) is 68.0 cm³/mol. The first-order valence-corrected chi connectivity index (χ1v) is 5.72. The maximum Gasteiger partial charge on any atom is 0.339 e. The summed E-state index contributed by atoms with van der Waals surface area (Å²) in [6.07, 6.45) is 0. The lowest BCUT2D eigenvalue weighted by molar-refractivity contribution is 0.0526. The van der Waals surface area contributed by atoms with Gasteiger partial charge in [0.15, 0.2) is 0 Å². The molecule has 0 aliphatic heterocycles. The van der Waals surface area contributed by atoms with Gasteiger partial charge in [-0.2, -0.15) is 0 Å². The second kappa shape index (κ2) is 5.39. The van der Waals surface area contributed by atoms with Crippen molar-refractivity contribution in [1.29, 1.82) is 0 Å². The van der Waals surface area contributed by atoms with Gasteiger partial charge in [-0.25, -0.2) is 9.59 Å². The molecule has 19 heavy (non-hydrogen) atoms. The first kappa shape index (κ1) is 12.9. The average molecular weight is 260 g/mol. The highest BCUT2D eigenvalue weighted by molar-refractivity contribution is 5.89. The summed E-state index contributed by atoms with van der Waals surface area (Å²) in [5.74, 6) is -0.340. The van der Waals surface area contributed by atoms with E-state index in [1.165, 1.54) is 6.07 Å². The van der Waals surface area contributed by atoms with Gasteiger partial charge in [0, 0.05) is 11.6 Å². The fourth-order valence-electron chi connectivity index (χ4n) is 1.59. The number of carbonyl (C=O) groups excluding carboxylic acids is 1. The molecule has 5 nitrogen and oxygen atoms in total.